The molecular formula is C5H7BrO2. The van der Waals surface area contributed by atoms with Crippen molar-refractivity contribution in [3.05, 3.63) is 11.8 Å². The van der Waals surface area contributed by atoms with Gasteiger partial charge in [0.05, 0.1) is 5.76 Å². The molecule has 1 rings (SSSR count). The Kier molecular flexibility index (Phi) is 1.91. The van der Waals surface area contributed by atoms with E-state index in [0.717, 1.165) is 5.76 Å². The third kappa shape index (κ3) is 1.49. The number of hydrogen-bond donors (Lipinski definition) is 0. The monoisotopic (exact) mass is 178 g/mol. The second-order valence-electron chi connectivity index (χ2n) is 1.56. The van der Waals surface area contributed by atoms with Gasteiger partial charge in [-0.1, -0.05) is 15.9 Å². The molecule has 8 heavy (non-hydrogen) atoms. The van der Waals surface area contributed by atoms with Crippen molar-refractivity contribution in [3.8, 4) is 0 Å². The minimum Gasteiger partial charge on any atom is -0.472 e. The molecule has 0 N–H and O–H groups in total. The molecule has 0 amide bonds. The predicted molar refractivity (Wildman–Crippen MR) is 33.5 cm³/mol. The first kappa shape index (κ1) is 6.11. The SMILES string of the molecule is CC1=CC(Br)OCO1. The topological polar surface area (TPSA) is 18.5 Å². The van der Waals surface area contributed by atoms with Crippen molar-refractivity contribution in [3.63, 3.8) is 0 Å². The highest BCUT2D eigenvalue weighted by atomic mass is 79.9. The second-order valence-corrected chi connectivity index (χ2v) is 2.46. The van der Waals surface area contributed by atoms with E-state index in [0.29, 0.717) is 6.79 Å². The van der Waals surface area contributed by atoms with E-state index in [-0.39, 0.29) is 5.01 Å². The summed E-state index contributed by atoms with van der Waals surface area (Å²) in [6.45, 7) is 2.26. The number of alkyl halides is 1. The summed E-state index contributed by atoms with van der Waals surface area (Å²) in [7, 11) is 0. The largest absolute Gasteiger partial charge is 0.472 e. The van der Waals surface area contributed by atoms with E-state index in [1.165, 1.54) is 0 Å². The lowest BCUT2D eigenvalue weighted by atomic mass is 10.5. The maximum atomic E-state index is 4.97. The van der Waals surface area contributed by atoms with Crippen LogP contribution in [-0.2, 0) is 9.47 Å². The molecule has 0 radical (unpaired) electrons. The molecule has 0 bridgehead atoms. The van der Waals surface area contributed by atoms with Gasteiger partial charge in [-0.2, -0.15) is 0 Å². The van der Waals surface area contributed by atoms with E-state index in [1.54, 1.807) is 0 Å². The van der Waals surface area contributed by atoms with E-state index < -0.39 is 0 Å². The molecule has 1 atom stereocenters. The number of halogens is 1. The zero-order chi connectivity index (χ0) is 5.98. The number of allylic oxidation sites excluding steroid dienone is 1. The van der Waals surface area contributed by atoms with Crippen molar-refractivity contribution < 1.29 is 9.47 Å². The van der Waals surface area contributed by atoms with E-state index in [2.05, 4.69) is 15.9 Å². The van der Waals surface area contributed by atoms with Gasteiger partial charge in [0.25, 0.3) is 0 Å². The summed E-state index contributed by atoms with van der Waals surface area (Å²) >= 11 is 3.25. The van der Waals surface area contributed by atoms with Crippen LogP contribution in [0.3, 0.4) is 0 Å². The third-order valence-corrected chi connectivity index (χ3v) is 1.41. The lowest BCUT2D eigenvalue weighted by Crippen LogP contribution is -2.11. The average molecular weight is 179 g/mol. The van der Waals surface area contributed by atoms with Crippen LogP contribution < -0.4 is 0 Å². The number of ether oxygens (including phenoxy) is 2. The van der Waals surface area contributed by atoms with Gasteiger partial charge in [0, 0.05) is 0 Å². The maximum Gasteiger partial charge on any atom is 0.190 e. The van der Waals surface area contributed by atoms with Crippen LogP contribution in [-0.4, -0.2) is 11.8 Å². The smallest absolute Gasteiger partial charge is 0.190 e. The predicted octanol–water partition coefficient (Wildman–Crippen LogP) is 1.62. The minimum atomic E-state index is 0.0382. The van der Waals surface area contributed by atoms with Gasteiger partial charge in [-0.25, -0.2) is 0 Å². The summed E-state index contributed by atoms with van der Waals surface area (Å²) in [4.78, 5) is 0. The molecule has 2 nitrogen and oxygen atoms in total. The Morgan fingerprint density at radius 1 is 1.88 bits per heavy atom. The van der Waals surface area contributed by atoms with Crippen LogP contribution in [0.1, 0.15) is 6.92 Å². The van der Waals surface area contributed by atoms with Crippen LogP contribution in [0.5, 0.6) is 0 Å². The molecule has 0 aliphatic carbocycles. The Balaban J connectivity index is 2.50. The van der Waals surface area contributed by atoms with Crippen LogP contribution in [0.15, 0.2) is 11.8 Å². The zero-order valence-electron chi connectivity index (χ0n) is 4.56. The van der Waals surface area contributed by atoms with Crippen molar-refractivity contribution in [2.75, 3.05) is 6.79 Å². The molecular weight excluding hydrogens is 172 g/mol. The van der Waals surface area contributed by atoms with E-state index >= 15 is 0 Å². The number of hydrogen-bond acceptors (Lipinski definition) is 2. The summed E-state index contributed by atoms with van der Waals surface area (Å²) in [5.74, 6) is 0.915. The Bertz CT molecular complexity index is 111. The van der Waals surface area contributed by atoms with Crippen molar-refractivity contribution >= 4 is 15.9 Å². The first-order valence-corrected chi connectivity index (χ1v) is 3.27. The van der Waals surface area contributed by atoms with Crippen molar-refractivity contribution in [1.82, 2.24) is 0 Å². The van der Waals surface area contributed by atoms with Gasteiger partial charge in [0.2, 0.25) is 0 Å². The van der Waals surface area contributed by atoms with Gasteiger partial charge < -0.3 is 9.47 Å². The van der Waals surface area contributed by atoms with Crippen LogP contribution in [0.25, 0.3) is 0 Å². The molecule has 0 aromatic carbocycles. The molecule has 0 aromatic heterocycles. The van der Waals surface area contributed by atoms with Crippen LogP contribution in [0.2, 0.25) is 0 Å². The third-order valence-electron chi connectivity index (χ3n) is 0.880. The summed E-state index contributed by atoms with van der Waals surface area (Å²) < 4.78 is 9.92. The van der Waals surface area contributed by atoms with Crippen LogP contribution in [0, 0.1) is 0 Å². The summed E-state index contributed by atoms with van der Waals surface area (Å²) in [5, 5.41) is 0.0382. The van der Waals surface area contributed by atoms with Crippen LogP contribution >= 0.6 is 15.9 Å². The molecule has 3 heteroatoms. The first-order chi connectivity index (χ1) is 3.79. The quantitative estimate of drug-likeness (QED) is 0.526. The summed E-state index contributed by atoms with van der Waals surface area (Å²) in [6, 6.07) is 0. The van der Waals surface area contributed by atoms with Gasteiger partial charge in [0.15, 0.2) is 6.79 Å². The Labute approximate surface area is 56.6 Å². The molecule has 0 aromatic rings. The van der Waals surface area contributed by atoms with Crippen molar-refractivity contribution in [2.45, 2.75) is 11.9 Å². The van der Waals surface area contributed by atoms with Crippen LogP contribution in [0.4, 0.5) is 0 Å². The van der Waals surface area contributed by atoms with Crippen molar-refractivity contribution in [1.29, 1.82) is 0 Å². The molecule has 46 valence electrons. The fourth-order valence-corrected chi connectivity index (χ4v) is 0.953. The standard InChI is InChI=1S/C5H7BrO2/c1-4-2-5(6)8-3-7-4/h2,5H,3H2,1H3. The molecule has 0 fully saturated rings. The summed E-state index contributed by atoms with van der Waals surface area (Å²) in [5.41, 5.74) is 0. The number of rotatable bonds is 0. The molecule has 1 heterocycles. The highest BCUT2D eigenvalue weighted by Crippen LogP contribution is 2.13. The second kappa shape index (κ2) is 2.51. The molecule has 0 spiro atoms. The van der Waals surface area contributed by atoms with E-state index in [9.17, 15) is 0 Å². The average Bonchev–Trinajstić information content (AvgIpc) is 1.64. The Morgan fingerprint density at radius 2 is 2.62 bits per heavy atom. The lowest BCUT2D eigenvalue weighted by molar-refractivity contribution is -0.0387. The van der Waals surface area contributed by atoms with E-state index in [4.69, 9.17) is 9.47 Å². The van der Waals surface area contributed by atoms with Gasteiger partial charge >= 0.3 is 0 Å². The minimum absolute atomic E-state index is 0.0382. The maximum absolute atomic E-state index is 4.97. The van der Waals surface area contributed by atoms with Gasteiger partial charge in [-0.3, -0.25) is 0 Å². The fraction of sp³-hybridized carbons (Fsp3) is 0.600. The van der Waals surface area contributed by atoms with Crippen molar-refractivity contribution in [2.24, 2.45) is 0 Å². The van der Waals surface area contributed by atoms with Gasteiger partial charge in [-0.15, -0.1) is 0 Å². The molecule has 1 aliphatic rings. The zero-order valence-corrected chi connectivity index (χ0v) is 6.14. The molecule has 1 aliphatic heterocycles. The molecule has 0 saturated heterocycles. The van der Waals surface area contributed by atoms with Gasteiger partial charge in [0.1, 0.15) is 5.01 Å². The Hall–Kier alpha value is -0.0200. The Morgan fingerprint density at radius 3 is 3.00 bits per heavy atom. The normalized spacial score (nSPS) is 28.8. The highest BCUT2D eigenvalue weighted by Gasteiger charge is 2.06. The highest BCUT2D eigenvalue weighted by molar-refractivity contribution is 9.09. The molecule has 0 saturated carbocycles. The lowest BCUT2D eigenvalue weighted by Gasteiger charge is -2.15. The molecule has 1 unspecified atom stereocenters. The van der Waals surface area contributed by atoms with E-state index in [1.807, 2.05) is 13.0 Å². The van der Waals surface area contributed by atoms with Gasteiger partial charge in [-0.05, 0) is 13.0 Å². The fourth-order valence-electron chi connectivity index (χ4n) is 0.473. The first-order valence-electron chi connectivity index (χ1n) is 2.36. The summed E-state index contributed by atoms with van der Waals surface area (Å²) in [6.07, 6.45) is 1.86.